The summed E-state index contributed by atoms with van der Waals surface area (Å²) in [6, 6.07) is 17.5. The number of carbonyl (C=O) groups excluding carboxylic acids is 1. The first kappa shape index (κ1) is 23.1. The van der Waals surface area contributed by atoms with Crippen LogP contribution in [0.1, 0.15) is 34.9 Å². The number of rotatable bonds is 6. The summed E-state index contributed by atoms with van der Waals surface area (Å²) in [7, 11) is -3.81. The molecule has 0 bridgehead atoms. The van der Waals surface area contributed by atoms with Gasteiger partial charge in [0.05, 0.1) is 16.5 Å². The quantitative estimate of drug-likeness (QED) is 0.572. The maximum Gasteiger partial charge on any atom is 0.244 e. The van der Waals surface area contributed by atoms with Crippen LogP contribution in [0.3, 0.4) is 0 Å². The van der Waals surface area contributed by atoms with Crippen molar-refractivity contribution in [2.75, 3.05) is 13.1 Å². The lowest BCUT2D eigenvalue weighted by Crippen LogP contribution is -2.43. The third-order valence-corrected chi connectivity index (χ3v) is 8.66. The van der Waals surface area contributed by atoms with E-state index in [1.165, 1.54) is 39.9 Å². The number of carbonyl (C=O) groups is 1. The number of sulfonamides is 1. The van der Waals surface area contributed by atoms with Crippen LogP contribution in [0.2, 0.25) is 0 Å². The highest BCUT2D eigenvalue weighted by atomic mass is 32.2. The topological polar surface area (TPSA) is 90.3 Å². The SMILES string of the molecule is N#Cc1ccccc1S(=O)(=O)N1CCC(C(=O)N[C@@H](c2ccc(F)cc2)c2cccs2)CC1. The third-order valence-electron chi connectivity index (χ3n) is 5.77. The van der Waals surface area contributed by atoms with E-state index in [1.54, 1.807) is 24.3 Å². The van der Waals surface area contributed by atoms with Crippen LogP contribution in [-0.2, 0) is 14.8 Å². The summed E-state index contributed by atoms with van der Waals surface area (Å²) in [6.45, 7) is 0.390. The van der Waals surface area contributed by atoms with Crippen molar-refractivity contribution in [3.8, 4) is 6.07 Å². The zero-order valence-corrected chi connectivity index (χ0v) is 19.3. The number of nitriles is 1. The molecule has 0 aliphatic carbocycles. The predicted molar refractivity (Wildman–Crippen MR) is 123 cm³/mol. The van der Waals surface area contributed by atoms with E-state index in [-0.39, 0.29) is 41.2 Å². The van der Waals surface area contributed by atoms with Gasteiger partial charge in [0.25, 0.3) is 0 Å². The summed E-state index contributed by atoms with van der Waals surface area (Å²) >= 11 is 1.50. The van der Waals surface area contributed by atoms with Crippen LogP contribution in [0.4, 0.5) is 4.39 Å². The number of hydrogen-bond acceptors (Lipinski definition) is 5. The summed E-state index contributed by atoms with van der Waals surface area (Å²) in [5.74, 6) is -0.848. The molecule has 4 rings (SSSR count). The number of thiophene rings is 1. The minimum absolute atomic E-state index is 0.00975. The summed E-state index contributed by atoms with van der Waals surface area (Å²) in [5.41, 5.74) is 0.885. The van der Waals surface area contributed by atoms with Gasteiger partial charge in [0.15, 0.2) is 0 Å². The van der Waals surface area contributed by atoms with Crippen molar-refractivity contribution >= 4 is 27.3 Å². The first-order valence-electron chi connectivity index (χ1n) is 10.5. The fraction of sp³-hybridized carbons (Fsp3) is 0.250. The molecule has 1 saturated heterocycles. The Bertz CT molecular complexity index is 1260. The van der Waals surface area contributed by atoms with Crippen molar-refractivity contribution in [3.05, 3.63) is 87.9 Å². The van der Waals surface area contributed by atoms with Gasteiger partial charge in [-0.2, -0.15) is 9.57 Å². The minimum atomic E-state index is -3.81. The molecular weight excluding hydrogens is 461 g/mol. The highest BCUT2D eigenvalue weighted by Crippen LogP contribution is 2.29. The number of halogens is 1. The van der Waals surface area contributed by atoms with Crippen molar-refractivity contribution < 1.29 is 17.6 Å². The summed E-state index contributed by atoms with van der Waals surface area (Å²) in [5, 5.41) is 14.2. The zero-order valence-electron chi connectivity index (χ0n) is 17.6. The molecule has 9 heteroatoms. The van der Waals surface area contributed by atoms with E-state index in [9.17, 15) is 22.9 Å². The molecule has 1 aliphatic rings. The molecule has 6 nitrogen and oxygen atoms in total. The van der Waals surface area contributed by atoms with E-state index >= 15 is 0 Å². The van der Waals surface area contributed by atoms with Gasteiger partial charge in [-0.3, -0.25) is 4.79 Å². The average molecular weight is 484 g/mol. The first-order valence-corrected chi connectivity index (χ1v) is 12.8. The smallest absolute Gasteiger partial charge is 0.244 e. The van der Waals surface area contributed by atoms with Crippen LogP contribution < -0.4 is 5.32 Å². The molecule has 1 atom stereocenters. The van der Waals surface area contributed by atoms with Gasteiger partial charge >= 0.3 is 0 Å². The van der Waals surface area contributed by atoms with Gasteiger partial charge in [0.1, 0.15) is 11.9 Å². The number of piperidine rings is 1. The largest absolute Gasteiger partial charge is 0.344 e. The van der Waals surface area contributed by atoms with Crippen LogP contribution in [0.25, 0.3) is 0 Å². The Morgan fingerprint density at radius 2 is 1.79 bits per heavy atom. The predicted octanol–water partition coefficient (Wildman–Crippen LogP) is 4.07. The summed E-state index contributed by atoms with van der Waals surface area (Å²) in [6.07, 6.45) is 0.751. The molecule has 0 radical (unpaired) electrons. The maximum absolute atomic E-state index is 13.4. The number of hydrogen-bond donors (Lipinski definition) is 1. The highest BCUT2D eigenvalue weighted by Gasteiger charge is 2.34. The Morgan fingerprint density at radius 3 is 2.42 bits per heavy atom. The van der Waals surface area contributed by atoms with Crippen molar-refractivity contribution in [1.29, 1.82) is 5.26 Å². The van der Waals surface area contributed by atoms with E-state index in [0.29, 0.717) is 12.8 Å². The monoisotopic (exact) mass is 483 g/mol. The minimum Gasteiger partial charge on any atom is -0.344 e. The van der Waals surface area contributed by atoms with Gasteiger partial charge in [-0.25, -0.2) is 12.8 Å². The second-order valence-corrected chi connectivity index (χ2v) is 10.7. The normalized spacial score (nSPS) is 16.1. The lowest BCUT2D eigenvalue weighted by molar-refractivity contribution is -0.126. The second-order valence-electron chi connectivity index (χ2n) is 7.79. The molecule has 1 aliphatic heterocycles. The molecule has 0 saturated carbocycles. The highest BCUT2D eigenvalue weighted by molar-refractivity contribution is 7.89. The summed E-state index contributed by atoms with van der Waals surface area (Å²) in [4.78, 5) is 14.0. The van der Waals surface area contributed by atoms with E-state index in [4.69, 9.17) is 0 Å². The lowest BCUT2D eigenvalue weighted by Gasteiger charge is -2.31. The number of nitrogens with zero attached hydrogens (tertiary/aromatic N) is 2. The van der Waals surface area contributed by atoms with Crippen molar-refractivity contribution in [2.45, 2.75) is 23.8 Å². The molecule has 170 valence electrons. The molecule has 0 spiro atoms. The van der Waals surface area contributed by atoms with E-state index in [0.717, 1.165) is 10.4 Å². The lowest BCUT2D eigenvalue weighted by atomic mass is 9.96. The number of amides is 1. The number of benzene rings is 2. The van der Waals surface area contributed by atoms with Crippen molar-refractivity contribution in [1.82, 2.24) is 9.62 Å². The molecule has 2 heterocycles. The molecule has 33 heavy (non-hydrogen) atoms. The molecule has 1 N–H and O–H groups in total. The van der Waals surface area contributed by atoms with Crippen LogP contribution >= 0.6 is 11.3 Å². The maximum atomic E-state index is 13.4. The molecule has 1 fully saturated rings. The van der Waals surface area contributed by atoms with Gasteiger partial charge < -0.3 is 5.32 Å². The van der Waals surface area contributed by atoms with E-state index < -0.39 is 16.1 Å². The Kier molecular flexibility index (Phi) is 6.88. The molecule has 1 amide bonds. The van der Waals surface area contributed by atoms with E-state index in [1.807, 2.05) is 23.6 Å². The first-order chi connectivity index (χ1) is 15.9. The standard InChI is InChI=1S/C24H22FN3O3S2/c25-20-9-7-17(8-10-20)23(21-5-3-15-32-21)27-24(29)18-11-13-28(14-12-18)33(30,31)22-6-2-1-4-19(22)16-26/h1-10,15,18,23H,11-14H2,(H,27,29)/t23-/m0/s1. The summed E-state index contributed by atoms with van der Waals surface area (Å²) < 4.78 is 40.8. The van der Waals surface area contributed by atoms with Gasteiger partial charge in [0.2, 0.25) is 15.9 Å². The third kappa shape index (κ3) is 4.98. The Labute approximate surface area is 196 Å². The van der Waals surface area contributed by atoms with Gasteiger partial charge in [-0.1, -0.05) is 30.3 Å². The molecular formula is C24H22FN3O3S2. The molecule has 0 unspecified atom stereocenters. The van der Waals surface area contributed by atoms with Crippen LogP contribution in [0, 0.1) is 23.1 Å². The van der Waals surface area contributed by atoms with Crippen LogP contribution in [0.15, 0.2) is 70.9 Å². The number of nitrogens with one attached hydrogen (secondary N) is 1. The van der Waals surface area contributed by atoms with Crippen LogP contribution in [0.5, 0.6) is 0 Å². The van der Waals surface area contributed by atoms with Gasteiger partial charge in [0, 0.05) is 23.9 Å². The molecule has 2 aromatic carbocycles. The second kappa shape index (κ2) is 9.83. The fourth-order valence-electron chi connectivity index (χ4n) is 3.97. The Morgan fingerprint density at radius 1 is 1.09 bits per heavy atom. The van der Waals surface area contributed by atoms with Gasteiger partial charge in [-0.05, 0) is 54.1 Å². The van der Waals surface area contributed by atoms with Crippen molar-refractivity contribution in [2.24, 2.45) is 5.92 Å². The van der Waals surface area contributed by atoms with Gasteiger partial charge in [-0.15, -0.1) is 11.3 Å². The Hall–Kier alpha value is -3.06. The molecule has 3 aromatic rings. The Balaban J connectivity index is 1.45. The molecule has 1 aromatic heterocycles. The fourth-order valence-corrected chi connectivity index (χ4v) is 6.39. The zero-order chi connectivity index (χ0) is 23.4. The van der Waals surface area contributed by atoms with E-state index in [2.05, 4.69) is 5.32 Å². The average Bonchev–Trinajstić information content (AvgIpc) is 3.38. The van der Waals surface area contributed by atoms with Crippen LogP contribution in [-0.4, -0.2) is 31.7 Å². The van der Waals surface area contributed by atoms with Crippen molar-refractivity contribution in [3.63, 3.8) is 0 Å².